The van der Waals surface area contributed by atoms with E-state index >= 15 is 0 Å². The maximum atomic E-state index is 10.1. The molecular weight excluding hydrogens is 372 g/mol. The molecule has 0 aliphatic heterocycles. The van der Waals surface area contributed by atoms with Crippen LogP contribution in [0, 0.1) is 23.2 Å². The molecule has 3 N–H and O–H groups in total. The van der Waals surface area contributed by atoms with Gasteiger partial charge in [0.2, 0.25) is 0 Å². The summed E-state index contributed by atoms with van der Waals surface area (Å²) in [6.45, 7) is 12.8. The number of hydrogen-bond acceptors (Lipinski definition) is 3. The van der Waals surface area contributed by atoms with E-state index in [9.17, 15) is 15.3 Å². The molecule has 0 saturated heterocycles. The molecule has 0 aromatic carbocycles. The number of rotatable bonds is 6. The van der Waals surface area contributed by atoms with Crippen LogP contribution in [-0.4, -0.2) is 33.1 Å². The molecule has 3 fully saturated rings. The second kappa shape index (κ2) is 9.30. The zero-order valence-corrected chi connectivity index (χ0v) is 19.7. The Kier molecular flexibility index (Phi) is 7.37. The second-order valence-corrected chi connectivity index (χ2v) is 11.3. The van der Waals surface area contributed by atoms with Gasteiger partial charge in [-0.2, -0.15) is 0 Å². The molecule has 0 heterocycles. The number of aliphatic hydroxyl groups is 3. The number of aliphatic hydroxyl groups excluding tert-OH is 2. The van der Waals surface area contributed by atoms with Crippen LogP contribution in [0.15, 0.2) is 35.5 Å². The number of hydrogen-bond donors (Lipinski definition) is 3. The minimum Gasteiger partial charge on any atom is -0.393 e. The molecule has 3 heteroatoms. The molecule has 6 atom stereocenters. The molecular formula is C27H50O3. The van der Waals surface area contributed by atoms with E-state index in [-0.39, 0.29) is 4.28 Å². The lowest BCUT2D eigenvalue weighted by atomic mass is 9.60. The molecule has 30 heavy (non-hydrogen) atoms. The van der Waals surface area contributed by atoms with Crippen LogP contribution >= 0.6 is 0 Å². The van der Waals surface area contributed by atoms with Gasteiger partial charge in [0.1, 0.15) is 0 Å². The Hall–Kier alpha value is -0.900. The summed E-state index contributed by atoms with van der Waals surface area (Å²) in [7, 11) is 0. The van der Waals surface area contributed by atoms with Gasteiger partial charge in [0.15, 0.2) is 0 Å². The van der Waals surface area contributed by atoms with E-state index in [0.717, 1.165) is 29.9 Å². The Morgan fingerprint density at radius 3 is 2.70 bits per heavy atom. The topological polar surface area (TPSA) is 60.7 Å². The zero-order valence-electron chi connectivity index (χ0n) is 19.7. The van der Waals surface area contributed by atoms with Crippen molar-refractivity contribution in [2.45, 2.75) is 110 Å². The minimum absolute atomic E-state index is 0. The van der Waals surface area contributed by atoms with Crippen LogP contribution in [0.1, 0.15) is 96.2 Å². The van der Waals surface area contributed by atoms with Gasteiger partial charge in [-0.3, -0.25) is 0 Å². The van der Waals surface area contributed by atoms with E-state index in [1.54, 1.807) is 5.57 Å². The minimum atomic E-state index is -0.615. The SMILES string of the molecule is C=C1/C(=C\C=C2/CCC[C@]3(C)[C@@H]([C@H](C)CCCC(C)(C)O)CC[C@@H]23)C[C@@H](O)C[C@H]1O.[HH].[HH].[HH]. The van der Waals surface area contributed by atoms with Crippen molar-refractivity contribution in [2.75, 3.05) is 0 Å². The van der Waals surface area contributed by atoms with Gasteiger partial charge in [0.25, 0.3) is 0 Å². The van der Waals surface area contributed by atoms with E-state index in [4.69, 9.17) is 0 Å². The maximum absolute atomic E-state index is 10.1. The molecule has 0 aromatic rings. The quantitative estimate of drug-likeness (QED) is 0.461. The summed E-state index contributed by atoms with van der Waals surface area (Å²) in [6, 6.07) is 0. The van der Waals surface area contributed by atoms with E-state index < -0.39 is 17.8 Å². The first-order valence-corrected chi connectivity index (χ1v) is 12.2. The molecule has 0 amide bonds. The summed E-state index contributed by atoms with van der Waals surface area (Å²) < 4.78 is 0. The van der Waals surface area contributed by atoms with Gasteiger partial charge in [-0.15, -0.1) is 0 Å². The molecule has 3 aliphatic carbocycles. The standard InChI is InChI=1S/C27H44O3.3H2/c1-18(8-6-14-26(3,4)30)23-12-13-24-20(9-7-15-27(23,24)5)10-11-21-16-22(28)17-25(29)19(21)2;;;/h10-11,18,22-25,28-30H,2,6-9,12-17H2,1,3-5H3;3*1H/b20-10+,21-11-;;;/t18-,22-,23-,24+,25-,27-;;;/m1.../s1. The zero-order chi connectivity index (χ0) is 22.1. The Bertz CT molecular complexity index is 697. The first-order valence-electron chi connectivity index (χ1n) is 12.2. The molecule has 3 rings (SSSR count). The fourth-order valence-electron chi connectivity index (χ4n) is 6.74. The van der Waals surface area contributed by atoms with Gasteiger partial charge in [-0.1, -0.05) is 51.0 Å². The van der Waals surface area contributed by atoms with Crippen LogP contribution in [0.4, 0.5) is 0 Å². The van der Waals surface area contributed by atoms with E-state index in [2.05, 4.69) is 32.6 Å². The summed E-state index contributed by atoms with van der Waals surface area (Å²) in [6.07, 6.45) is 13.9. The molecule has 3 saturated carbocycles. The van der Waals surface area contributed by atoms with Crippen LogP contribution in [0.5, 0.6) is 0 Å². The predicted molar refractivity (Wildman–Crippen MR) is 130 cm³/mol. The summed E-state index contributed by atoms with van der Waals surface area (Å²) >= 11 is 0. The third kappa shape index (κ3) is 5.29. The third-order valence-electron chi connectivity index (χ3n) is 8.44. The Balaban J connectivity index is 0.00000341. The van der Waals surface area contributed by atoms with Crippen molar-refractivity contribution in [1.29, 1.82) is 0 Å². The van der Waals surface area contributed by atoms with Crippen LogP contribution in [0.25, 0.3) is 0 Å². The Labute approximate surface area is 188 Å². The van der Waals surface area contributed by atoms with Gasteiger partial charge in [-0.25, -0.2) is 0 Å². The highest BCUT2D eigenvalue weighted by molar-refractivity contribution is 5.38. The fraction of sp³-hybridized carbons (Fsp3) is 0.778. The number of allylic oxidation sites excluding steroid dienone is 3. The molecule has 3 aliphatic rings. The molecule has 0 unspecified atom stereocenters. The Morgan fingerprint density at radius 1 is 1.27 bits per heavy atom. The van der Waals surface area contributed by atoms with E-state index in [1.165, 1.54) is 38.5 Å². The summed E-state index contributed by atoms with van der Waals surface area (Å²) in [5, 5.41) is 30.2. The summed E-state index contributed by atoms with van der Waals surface area (Å²) in [5.41, 5.74) is 3.17. The molecule has 0 bridgehead atoms. The van der Waals surface area contributed by atoms with Crippen molar-refractivity contribution >= 4 is 0 Å². The molecule has 0 aromatic heterocycles. The molecule has 0 radical (unpaired) electrons. The van der Waals surface area contributed by atoms with Crippen molar-refractivity contribution in [1.82, 2.24) is 0 Å². The lowest BCUT2D eigenvalue weighted by molar-refractivity contribution is 0.0596. The van der Waals surface area contributed by atoms with Gasteiger partial charge in [0.05, 0.1) is 17.8 Å². The van der Waals surface area contributed by atoms with Crippen molar-refractivity contribution < 1.29 is 19.6 Å². The highest BCUT2D eigenvalue weighted by Gasteiger charge is 2.50. The fourth-order valence-corrected chi connectivity index (χ4v) is 6.74. The largest absolute Gasteiger partial charge is 0.393 e. The van der Waals surface area contributed by atoms with Crippen LogP contribution in [-0.2, 0) is 0 Å². The van der Waals surface area contributed by atoms with Crippen LogP contribution in [0.3, 0.4) is 0 Å². The normalized spacial score (nSPS) is 38.8. The van der Waals surface area contributed by atoms with E-state index in [0.29, 0.717) is 30.1 Å². The summed E-state index contributed by atoms with van der Waals surface area (Å²) in [4.78, 5) is 0. The first kappa shape index (κ1) is 23.8. The van der Waals surface area contributed by atoms with Crippen molar-refractivity contribution in [2.24, 2.45) is 23.2 Å². The molecule has 0 spiro atoms. The van der Waals surface area contributed by atoms with Gasteiger partial charge in [0, 0.05) is 10.7 Å². The van der Waals surface area contributed by atoms with Crippen molar-refractivity contribution in [3.8, 4) is 0 Å². The average molecular weight is 423 g/mol. The van der Waals surface area contributed by atoms with Crippen LogP contribution < -0.4 is 0 Å². The Morgan fingerprint density at radius 2 is 2.00 bits per heavy atom. The van der Waals surface area contributed by atoms with Crippen LogP contribution in [0.2, 0.25) is 0 Å². The smallest absolute Gasteiger partial charge is 0.0811 e. The predicted octanol–water partition coefficient (Wildman–Crippen LogP) is 6.44. The van der Waals surface area contributed by atoms with Gasteiger partial charge >= 0.3 is 0 Å². The van der Waals surface area contributed by atoms with Gasteiger partial charge in [-0.05, 0) is 93.1 Å². The van der Waals surface area contributed by atoms with Crippen molar-refractivity contribution in [3.63, 3.8) is 0 Å². The first-order chi connectivity index (χ1) is 14.0. The molecule has 176 valence electrons. The highest BCUT2D eigenvalue weighted by Crippen LogP contribution is 2.60. The lowest BCUT2D eigenvalue weighted by Crippen LogP contribution is -2.36. The lowest BCUT2D eigenvalue weighted by Gasteiger charge is -2.44. The highest BCUT2D eigenvalue weighted by atomic mass is 16.3. The van der Waals surface area contributed by atoms with Crippen molar-refractivity contribution in [3.05, 3.63) is 35.5 Å². The molecule has 3 nitrogen and oxygen atoms in total. The number of fused-ring (bicyclic) bond motifs is 1. The average Bonchev–Trinajstić information content (AvgIpc) is 3.00. The monoisotopic (exact) mass is 422 g/mol. The maximum Gasteiger partial charge on any atom is 0.0811 e. The summed E-state index contributed by atoms with van der Waals surface area (Å²) in [5.74, 6) is 2.11. The van der Waals surface area contributed by atoms with Gasteiger partial charge < -0.3 is 15.3 Å². The third-order valence-corrected chi connectivity index (χ3v) is 8.44. The second-order valence-electron chi connectivity index (χ2n) is 11.3. The van der Waals surface area contributed by atoms with E-state index in [1.807, 2.05) is 13.8 Å².